The van der Waals surface area contributed by atoms with Crippen LogP contribution in [0.4, 0.5) is 0 Å². The molecule has 0 aromatic heterocycles. The molecule has 0 heterocycles. The first kappa shape index (κ1) is 14.5. The van der Waals surface area contributed by atoms with E-state index >= 15 is 0 Å². The quantitative estimate of drug-likeness (QED) is 0.237. The van der Waals surface area contributed by atoms with Crippen LogP contribution < -0.4 is 0 Å². The van der Waals surface area contributed by atoms with E-state index in [-0.39, 0.29) is 0 Å². The molecule has 0 aliphatic carbocycles. The standard InChI is InChI=1S/C6H13BO8/c8-1-3(9)5(11)6(12)4(10)2-15-7(13)14/h3,5-6,8-9,11-14H,1-2H2/t3-,5+,6+/m1/s1. The van der Waals surface area contributed by atoms with Crippen molar-refractivity contribution in [1.82, 2.24) is 0 Å². The van der Waals surface area contributed by atoms with Gasteiger partial charge in [0.25, 0.3) is 0 Å². The molecule has 0 aliphatic rings. The molecular formula is C6H13BO8. The molecule has 0 amide bonds. The Balaban J connectivity index is 4.07. The topological polar surface area (TPSA) is 148 Å². The first-order valence-electron chi connectivity index (χ1n) is 4.05. The predicted molar refractivity (Wildman–Crippen MR) is 46.3 cm³/mol. The van der Waals surface area contributed by atoms with Crippen molar-refractivity contribution in [2.75, 3.05) is 13.2 Å². The zero-order chi connectivity index (χ0) is 12.0. The molecule has 8 nitrogen and oxygen atoms in total. The zero-order valence-electron chi connectivity index (χ0n) is 7.72. The maximum atomic E-state index is 11.0. The van der Waals surface area contributed by atoms with Crippen LogP contribution in [0.2, 0.25) is 0 Å². The molecule has 0 bridgehead atoms. The van der Waals surface area contributed by atoms with Crippen molar-refractivity contribution in [2.45, 2.75) is 18.3 Å². The molecular weight excluding hydrogens is 211 g/mol. The van der Waals surface area contributed by atoms with E-state index in [1.165, 1.54) is 0 Å². The van der Waals surface area contributed by atoms with Crippen LogP contribution in [0.3, 0.4) is 0 Å². The van der Waals surface area contributed by atoms with E-state index in [1.54, 1.807) is 0 Å². The summed E-state index contributed by atoms with van der Waals surface area (Å²) in [5.74, 6) is -1.05. The van der Waals surface area contributed by atoms with Crippen molar-refractivity contribution in [3.63, 3.8) is 0 Å². The van der Waals surface area contributed by atoms with E-state index in [2.05, 4.69) is 4.65 Å². The highest BCUT2D eigenvalue weighted by Gasteiger charge is 2.30. The molecule has 0 aliphatic heterocycles. The lowest BCUT2D eigenvalue weighted by Crippen LogP contribution is -2.45. The first-order valence-corrected chi connectivity index (χ1v) is 4.05. The largest absolute Gasteiger partial charge is 0.634 e. The minimum absolute atomic E-state index is 0.824. The SMILES string of the molecule is O=C(COB(O)O)[C@H](O)[C@@H](O)[C@H](O)CO. The number of hydrogen-bond acceptors (Lipinski definition) is 8. The number of carbonyl (C=O) groups is 1. The molecule has 0 saturated heterocycles. The van der Waals surface area contributed by atoms with Crippen LogP contribution >= 0.6 is 0 Å². The minimum atomic E-state index is -2.17. The van der Waals surface area contributed by atoms with Gasteiger partial charge in [-0.25, -0.2) is 0 Å². The Hall–Kier alpha value is -0.545. The van der Waals surface area contributed by atoms with E-state index in [0.29, 0.717) is 0 Å². The van der Waals surface area contributed by atoms with Gasteiger partial charge in [-0.1, -0.05) is 0 Å². The lowest BCUT2D eigenvalue weighted by atomic mass is 10.1. The molecule has 0 unspecified atom stereocenters. The molecule has 3 atom stereocenters. The maximum absolute atomic E-state index is 11.0. The number of rotatable bonds is 7. The molecule has 0 spiro atoms. The molecule has 0 radical (unpaired) electrons. The van der Waals surface area contributed by atoms with Gasteiger partial charge in [0.2, 0.25) is 0 Å². The van der Waals surface area contributed by atoms with Gasteiger partial charge in [0.15, 0.2) is 5.78 Å². The smallest absolute Gasteiger partial charge is 0.402 e. The predicted octanol–water partition coefficient (Wildman–Crippen LogP) is -4.38. The maximum Gasteiger partial charge on any atom is 0.634 e. The normalized spacial score (nSPS) is 16.9. The van der Waals surface area contributed by atoms with Gasteiger partial charge in [-0.2, -0.15) is 0 Å². The van der Waals surface area contributed by atoms with Crippen molar-refractivity contribution in [3.05, 3.63) is 0 Å². The summed E-state index contributed by atoms with van der Waals surface area (Å²) in [6.45, 7) is -1.66. The molecule has 0 aromatic rings. The van der Waals surface area contributed by atoms with Crippen LogP contribution in [0.5, 0.6) is 0 Å². The van der Waals surface area contributed by atoms with Gasteiger partial charge in [0, 0.05) is 0 Å². The fraction of sp³-hybridized carbons (Fsp3) is 0.833. The number of aliphatic hydroxyl groups excluding tert-OH is 4. The second-order valence-corrected chi connectivity index (χ2v) is 2.79. The monoisotopic (exact) mass is 224 g/mol. The molecule has 9 heteroatoms. The van der Waals surface area contributed by atoms with Gasteiger partial charge < -0.3 is 35.1 Å². The molecule has 0 saturated carbocycles. The number of aliphatic hydroxyl groups is 4. The fourth-order valence-corrected chi connectivity index (χ4v) is 0.751. The Morgan fingerprint density at radius 3 is 2.20 bits per heavy atom. The highest BCUT2D eigenvalue weighted by Crippen LogP contribution is 2.01. The molecule has 15 heavy (non-hydrogen) atoms. The third kappa shape index (κ3) is 5.18. The summed E-state index contributed by atoms with van der Waals surface area (Å²) in [4.78, 5) is 11.0. The molecule has 0 fully saturated rings. The van der Waals surface area contributed by atoms with Crippen molar-refractivity contribution < 1.29 is 39.9 Å². The van der Waals surface area contributed by atoms with Crippen LogP contribution in [0.1, 0.15) is 0 Å². The summed E-state index contributed by atoms with van der Waals surface area (Å²) >= 11 is 0. The van der Waals surface area contributed by atoms with Crippen LogP contribution in [0, 0.1) is 0 Å². The summed E-state index contributed by atoms with van der Waals surface area (Å²) in [7, 11) is -2.17. The van der Waals surface area contributed by atoms with Crippen LogP contribution in [-0.4, -0.2) is 75.1 Å². The van der Waals surface area contributed by atoms with Crippen molar-refractivity contribution in [2.24, 2.45) is 0 Å². The minimum Gasteiger partial charge on any atom is -0.402 e. The second kappa shape index (κ2) is 6.85. The molecule has 0 rings (SSSR count). The van der Waals surface area contributed by atoms with E-state index in [1.807, 2.05) is 0 Å². The summed E-state index contributed by atoms with van der Waals surface area (Å²) < 4.78 is 4.03. The highest BCUT2D eigenvalue weighted by molar-refractivity contribution is 6.33. The van der Waals surface area contributed by atoms with E-state index in [4.69, 9.17) is 30.5 Å². The average molecular weight is 224 g/mol. The van der Waals surface area contributed by atoms with Crippen LogP contribution in [0.25, 0.3) is 0 Å². The van der Waals surface area contributed by atoms with Crippen LogP contribution in [-0.2, 0) is 9.45 Å². The lowest BCUT2D eigenvalue weighted by Gasteiger charge is -2.20. The Bertz CT molecular complexity index is 198. The number of Topliss-reactive ketones (excluding diaryl/α,β-unsaturated/α-hetero) is 1. The number of carbonyl (C=O) groups excluding carboxylic acids is 1. The van der Waals surface area contributed by atoms with E-state index < -0.39 is 44.6 Å². The molecule has 0 aromatic carbocycles. The van der Waals surface area contributed by atoms with Crippen LogP contribution in [0.15, 0.2) is 0 Å². The summed E-state index contributed by atoms with van der Waals surface area (Å²) in [6.07, 6.45) is -5.49. The van der Waals surface area contributed by atoms with Gasteiger partial charge in [-0.15, -0.1) is 0 Å². The van der Waals surface area contributed by atoms with Crippen molar-refractivity contribution in [1.29, 1.82) is 0 Å². The molecule has 6 N–H and O–H groups in total. The third-order valence-electron chi connectivity index (χ3n) is 1.61. The average Bonchev–Trinajstić information content (AvgIpc) is 2.22. The Morgan fingerprint density at radius 2 is 1.80 bits per heavy atom. The summed E-state index contributed by atoms with van der Waals surface area (Å²) in [5, 5.41) is 51.9. The first-order chi connectivity index (χ1) is 6.90. The molecule has 88 valence electrons. The number of ketones is 1. The second-order valence-electron chi connectivity index (χ2n) is 2.79. The summed E-state index contributed by atoms with van der Waals surface area (Å²) in [5.41, 5.74) is 0. The van der Waals surface area contributed by atoms with Gasteiger partial charge in [-0.3, -0.25) is 4.79 Å². The van der Waals surface area contributed by atoms with Gasteiger partial charge >= 0.3 is 7.32 Å². The fourth-order valence-electron chi connectivity index (χ4n) is 0.751. The Morgan fingerprint density at radius 1 is 1.27 bits per heavy atom. The zero-order valence-corrected chi connectivity index (χ0v) is 7.72. The van der Waals surface area contributed by atoms with Crippen molar-refractivity contribution >= 4 is 13.1 Å². The Kier molecular flexibility index (Phi) is 6.60. The Labute approximate surface area is 85.5 Å². The van der Waals surface area contributed by atoms with Crippen molar-refractivity contribution in [3.8, 4) is 0 Å². The summed E-state index contributed by atoms with van der Waals surface area (Å²) in [6, 6.07) is 0. The number of hydrogen-bond donors (Lipinski definition) is 6. The van der Waals surface area contributed by atoms with E-state index in [0.717, 1.165) is 0 Å². The third-order valence-corrected chi connectivity index (χ3v) is 1.61. The highest BCUT2D eigenvalue weighted by atomic mass is 16.6. The lowest BCUT2D eigenvalue weighted by molar-refractivity contribution is -0.142. The van der Waals surface area contributed by atoms with E-state index in [9.17, 15) is 4.79 Å². The van der Waals surface area contributed by atoms with Gasteiger partial charge in [0.1, 0.15) is 18.3 Å². The van der Waals surface area contributed by atoms with Gasteiger partial charge in [0.05, 0.1) is 13.2 Å². The van der Waals surface area contributed by atoms with Gasteiger partial charge in [-0.05, 0) is 0 Å².